The number of ether oxygens (including phenoxy) is 2. The molecule has 0 aliphatic carbocycles. The van der Waals surface area contributed by atoms with Crippen LogP contribution >= 0.6 is 0 Å². The number of unbranched alkanes of at least 4 members (excludes halogenated alkanes) is 13. The minimum atomic E-state index is -1.52. The van der Waals surface area contributed by atoms with Crippen LogP contribution in [0.25, 0.3) is 0 Å². The molecular weight excluding hydrogens is 483 g/mol. The molecule has 37 heavy (non-hydrogen) atoms. The van der Waals surface area contributed by atoms with Gasteiger partial charge in [-0.05, 0) is 18.4 Å². The molecule has 1 amide bonds. The first-order chi connectivity index (χ1) is 17.7. The number of halogens is 3. The fraction of sp³-hybridized carbons (Fsp3) is 0.724. The number of amides is 1. The highest BCUT2D eigenvalue weighted by Gasteiger charge is 2.29. The summed E-state index contributed by atoms with van der Waals surface area (Å²) in [6.45, 7) is 5.85. The van der Waals surface area contributed by atoms with E-state index in [1.54, 1.807) is 13.8 Å². The van der Waals surface area contributed by atoms with Crippen LogP contribution in [0.3, 0.4) is 0 Å². The lowest BCUT2D eigenvalue weighted by Crippen LogP contribution is -2.45. The molecule has 0 aromatic heterocycles. The van der Waals surface area contributed by atoms with Crippen LogP contribution in [0.2, 0.25) is 0 Å². The number of esters is 1. The largest absolute Gasteiger partial charge is 0.491 e. The number of rotatable bonds is 20. The zero-order chi connectivity index (χ0) is 27.6. The number of hydrogen-bond donors (Lipinski definition) is 1. The van der Waals surface area contributed by atoms with Crippen molar-refractivity contribution in [2.75, 3.05) is 13.7 Å². The number of hydrogen-bond acceptors (Lipinski definition) is 4. The standard InChI is InChI=1S/C29H46F3NO4/c1-5-6-7-8-9-10-11-12-13-14-15-16-17-18-19-37-29(35)26(21(2)3)33-28(34)22-20-23(30)25(32)27(36-4)24(22)31/h20-21,26H,5-19H2,1-4H3,(H,33,34). The summed E-state index contributed by atoms with van der Waals surface area (Å²) in [5.74, 6) is -7.34. The van der Waals surface area contributed by atoms with Crippen LogP contribution in [0.1, 0.15) is 121 Å². The van der Waals surface area contributed by atoms with E-state index in [2.05, 4.69) is 17.0 Å². The van der Waals surface area contributed by atoms with Gasteiger partial charge in [0.25, 0.3) is 5.91 Å². The maximum Gasteiger partial charge on any atom is 0.328 e. The van der Waals surface area contributed by atoms with E-state index in [-0.39, 0.29) is 12.5 Å². The van der Waals surface area contributed by atoms with Crippen LogP contribution < -0.4 is 10.1 Å². The topological polar surface area (TPSA) is 64.6 Å². The molecule has 1 unspecified atom stereocenters. The molecule has 0 aliphatic heterocycles. The second-order valence-electron chi connectivity index (χ2n) is 10.0. The van der Waals surface area contributed by atoms with Crippen molar-refractivity contribution in [2.45, 2.75) is 117 Å². The van der Waals surface area contributed by atoms with Gasteiger partial charge in [0.2, 0.25) is 5.82 Å². The van der Waals surface area contributed by atoms with Gasteiger partial charge in [-0.1, -0.05) is 104 Å². The van der Waals surface area contributed by atoms with Gasteiger partial charge >= 0.3 is 5.97 Å². The normalized spacial score (nSPS) is 12.0. The fourth-order valence-corrected chi connectivity index (χ4v) is 4.20. The van der Waals surface area contributed by atoms with E-state index in [1.165, 1.54) is 70.6 Å². The van der Waals surface area contributed by atoms with Gasteiger partial charge in [-0.3, -0.25) is 4.79 Å². The van der Waals surface area contributed by atoms with Gasteiger partial charge in [0, 0.05) is 0 Å². The molecule has 8 heteroatoms. The van der Waals surface area contributed by atoms with Crippen molar-refractivity contribution in [2.24, 2.45) is 5.92 Å². The lowest BCUT2D eigenvalue weighted by atomic mass is 10.0. The van der Waals surface area contributed by atoms with Gasteiger partial charge in [0.1, 0.15) is 6.04 Å². The molecule has 0 saturated carbocycles. The highest BCUT2D eigenvalue weighted by atomic mass is 19.2. The van der Waals surface area contributed by atoms with Crippen molar-refractivity contribution >= 4 is 11.9 Å². The Kier molecular flexibility index (Phi) is 16.8. The Labute approximate surface area is 220 Å². The first-order valence-electron chi connectivity index (χ1n) is 13.9. The molecule has 1 rings (SSSR count). The molecule has 0 saturated heterocycles. The average Bonchev–Trinajstić information content (AvgIpc) is 2.86. The van der Waals surface area contributed by atoms with E-state index in [4.69, 9.17) is 4.74 Å². The van der Waals surface area contributed by atoms with Gasteiger partial charge in [-0.25, -0.2) is 13.6 Å². The monoisotopic (exact) mass is 529 g/mol. The minimum absolute atomic E-state index is 0.226. The molecule has 1 N–H and O–H groups in total. The first-order valence-corrected chi connectivity index (χ1v) is 13.9. The van der Waals surface area contributed by atoms with Crippen LogP contribution in [0.5, 0.6) is 5.75 Å². The highest BCUT2D eigenvalue weighted by Crippen LogP contribution is 2.27. The van der Waals surface area contributed by atoms with E-state index in [1.807, 2.05) is 0 Å². The number of benzene rings is 1. The van der Waals surface area contributed by atoms with Gasteiger partial charge in [0.05, 0.1) is 19.3 Å². The summed E-state index contributed by atoms with van der Waals surface area (Å²) in [6.07, 6.45) is 17.1. The second kappa shape index (κ2) is 18.9. The Morgan fingerprint density at radius 3 is 1.76 bits per heavy atom. The summed E-state index contributed by atoms with van der Waals surface area (Å²) in [5, 5.41) is 2.38. The molecule has 1 atom stereocenters. The maximum atomic E-state index is 14.4. The van der Waals surface area contributed by atoms with E-state index in [0.29, 0.717) is 6.07 Å². The molecule has 0 aliphatic rings. The van der Waals surface area contributed by atoms with Crippen molar-refractivity contribution < 1.29 is 32.2 Å². The van der Waals surface area contributed by atoms with Crippen LogP contribution in [-0.4, -0.2) is 31.6 Å². The molecule has 0 radical (unpaired) electrons. The minimum Gasteiger partial charge on any atom is -0.491 e. The molecule has 0 heterocycles. The SMILES string of the molecule is CCCCCCCCCCCCCCCCOC(=O)C(NC(=O)c1cc(F)c(F)c(OC)c1F)C(C)C. The Bertz CT molecular complexity index is 817. The molecule has 1 aromatic rings. The summed E-state index contributed by atoms with van der Waals surface area (Å²) in [6, 6.07) is -0.613. The van der Waals surface area contributed by atoms with Gasteiger partial charge in [-0.15, -0.1) is 0 Å². The molecule has 5 nitrogen and oxygen atoms in total. The number of nitrogens with one attached hydrogen (secondary N) is 1. The van der Waals surface area contributed by atoms with Crippen molar-refractivity contribution in [3.63, 3.8) is 0 Å². The maximum absolute atomic E-state index is 14.4. The lowest BCUT2D eigenvalue weighted by Gasteiger charge is -2.21. The van der Waals surface area contributed by atoms with E-state index >= 15 is 0 Å². The van der Waals surface area contributed by atoms with Crippen molar-refractivity contribution in [3.8, 4) is 5.75 Å². The van der Waals surface area contributed by atoms with E-state index in [9.17, 15) is 22.8 Å². The summed E-state index contributed by atoms with van der Waals surface area (Å²) < 4.78 is 51.7. The molecule has 0 spiro atoms. The number of carbonyl (C=O) groups is 2. The summed E-state index contributed by atoms with van der Waals surface area (Å²) in [5.41, 5.74) is -0.749. The van der Waals surface area contributed by atoms with E-state index in [0.717, 1.165) is 26.4 Å². The van der Waals surface area contributed by atoms with E-state index < -0.39 is 46.7 Å². The quantitative estimate of drug-likeness (QED) is 0.106. The zero-order valence-corrected chi connectivity index (χ0v) is 23.1. The lowest BCUT2D eigenvalue weighted by molar-refractivity contribution is -0.147. The molecule has 0 bridgehead atoms. The van der Waals surface area contributed by atoms with Gasteiger partial charge < -0.3 is 14.8 Å². The highest BCUT2D eigenvalue weighted by molar-refractivity contribution is 5.97. The Hall–Kier alpha value is -2.25. The number of carbonyl (C=O) groups excluding carboxylic acids is 2. The predicted octanol–water partition coefficient (Wildman–Crippen LogP) is 7.89. The van der Waals surface area contributed by atoms with Crippen LogP contribution in [0.15, 0.2) is 6.07 Å². The molecular formula is C29H46F3NO4. The average molecular weight is 530 g/mol. The summed E-state index contributed by atoms with van der Waals surface area (Å²) in [7, 11) is 0.966. The predicted molar refractivity (Wildman–Crippen MR) is 140 cm³/mol. The van der Waals surface area contributed by atoms with Gasteiger partial charge in [-0.2, -0.15) is 4.39 Å². The van der Waals surface area contributed by atoms with Crippen LogP contribution in [0, 0.1) is 23.4 Å². The van der Waals surface area contributed by atoms with Crippen LogP contribution in [0.4, 0.5) is 13.2 Å². The van der Waals surface area contributed by atoms with Crippen molar-refractivity contribution in [1.82, 2.24) is 5.32 Å². The van der Waals surface area contributed by atoms with Crippen molar-refractivity contribution in [3.05, 3.63) is 29.1 Å². The Balaban J connectivity index is 2.29. The Morgan fingerprint density at radius 1 is 0.811 bits per heavy atom. The molecule has 1 aromatic carbocycles. The number of methoxy groups -OCH3 is 1. The third-order valence-corrected chi connectivity index (χ3v) is 6.51. The smallest absolute Gasteiger partial charge is 0.328 e. The first kappa shape index (κ1) is 32.8. The van der Waals surface area contributed by atoms with Crippen molar-refractivity contribution in [1.29, 1.82) is 0 Å². The molecule has 0 fully saturated rings. The van der Waals surface area contributed by atoms with Gasteiger partial charge in [0.15, 0.2) is 17.4 Å². The fourth-order valence-electron chi connectivity index (χ4n) is 4.20. The Morgan fingerprint density at radius 2 is 1.30 bits per heavy atom. The third-order valence-electron chi connectivity index (χ3n) is 6.51. The summed E-state index contributed by atoms with van der Waals surface area (Å²) in [4.78, 5) is 25.1. The zero-order valence-electron chi connectivity index (χ0n) is 23.1. The summed E-state index contributed by atoms with van der Waals surface area (Å²) >= 11 is 0. The molecule has 212 valence electrons. The third kappa shape index (κ3) is 12.2. The van der Waals surface area contributed by atoms with Crippen LogP contribution in [-0.2, 0) is 9.53 Å². The second-order valence-corrected chi connectivity index (χ2v) is 10.0.